The third-order valence-corrected chi connectivity index (χ3v) is 4.41. The Hall–Kier alpha value is -2.98. The Morgan fingerprint density at radius 1 is 1.18 bits per heavy atom. The number of hydrogen-bond acceptors (Lipinski definition) is 6. The number of amides is 1. The molecule has 0 saturated heterocycles. The number of sulfonamides is 1. The molecule has 8 nitrogen and oxygen atoms in total. The van der Waals surface area contributed by atoms with Crippen LogP contribution < -0.4 is 15.2 Å². The molecule has 28 heavy (non-hydrogen) atoms. The van der Waals surface area contributed by atoms with Gasteiger partial charge < -0.3 is 14.8 Å². The molecular weight excluding hydrogens is 391 g/mol. The fourth-order valence-electron chi connectivity index (χ4n) is 2.16. The molecule has 0 heterocycles. The highest BCUT2D eigenvalue weighted by Gasteiger charge is 2.18. The van der Waals surface area contributed by atoms with Crippen LogP contribution in [0.1, 0.15) is 15.9 Å². The first kappa shape index (κ1) is 21.3. The van der Waals surface area contributed by atoms with Gasteiger partial charge in [-0.05, 0) is 42.8 Å². The Bertz CT molecular complexity index is 978. The van der Waals surface area contributed by atoms with E-state index >= 15 is 0 Å². The van der Waals surface area contributed by atoms with Gasteiger partial charge in [0.2, 0.25) is 10.0 Å². The van der Waals surface area contributed by atoms with Gasteiger partial charge in [-0.1, -0.05) is 12.1 Å². The van der Waals surface area contributed by atoms with E-state index in [9.17, 15) is 22.4 Å². The minimum absolute atomic E-state index is 0.166. The SMILES string of the molecule is Cc1cccc(OCCNC(=O)COC(=O)c2cc(S(N)(=O)=O)ccc2F)c1. The molecule has 0 aliphatic carbocycles. The van der Waals surface area contributed by atoms with Crippen molar-refractivity contribution in [2.24, 2.45) is 5.14 Å². The van der Waals surface area contributed by atoms with E-state index in [1.165, 1.54) is 0 Å². The summed E-state index contributed by atoms with van der Waals surface area (Å²) >= 11 is 0. The first-order valence-corrected chi connectivity index (χ1v) is 9.67. The van der Waals surface area contributed by atoms with E-state index < -0.39 is 44.8 Å². The van der Waals surface area contributed by atoms with Gasteiger partial charge in [0.05, 0.1) is 17.0 Å². The summed E-state index contributed by atoms with van der Waals surface area (Å²) in [5.41, 5.74) is 0.397. The molecule has 150 valence electrons. The van der Waals surface area contributed by atoms with Crippen molar-refractivity contribution in [3.05, 3.63) is 59.4 Å². The second-order valence-electron chi connectivity index (χ2n) is 5.78. The molecule has 2 aromatic rings. The van der Waals surface area contributed by atoms with Gasteiger partial charge in [-0.2, -0.15) is 0 Å². The second-order valence-corrected chi connectivity index (χ2v) is 7.34. The zero-order valence-electron chi connectivity index (χ0n) is 15.0. The number of nitrogens with one attached hydrogen (secondary N) is 1. The number of primary sulfonamides is 1. The van der Waals surface area contributed by atoms with Crippen LogP contribution in [0.5, 0.6) is 5.75 Å². The zero-order chi connectivity index (χ0) is 20.7. The fraction of sp³-hybridized carbons (Fsp3) is 0.222. The van der Waals surface area contributed by atoms with Gasteiger partial charge >= 0.3 is 5.97 Å². The smallest absolute Gasteiger partial charge is 0.341 e. The number of carbonyl (C=O) groups is 2. The molecule has 0 radical (unpaired) electrons. The van der Waals surface area contributed by atoms with Crippen molar-refractivity contribution in [3.8, 4) is 5.75 Å². The molecule has 1 amide bonds. The van der Waals surface area contributed by atoms with E-state index in [0.29, 0.717) is 5.75 Å². The highest BCUT2D eigenvalue weighted by Crippen LogP contribution is 2.15. The summed E-state index contributed by atoms with van der Waals surface area (Å²) in [7, 11) is -4.12. The van der Waals surface area contributed by atoms with Crippen LogP contribution in [-0.4, -0.2) is 40.1 Å². The molecule has 3 N–H and O–H groups in total. The quantitative estimate of drug-likeness (QED) is 0.497. The molecule has 0 aliphatic rings. The van der Waals surface area contributed by atoms with Crippen LogP contribution in [0.15, 0.2) is 47.4 Å². The largest absolute Gasteiger partial charge is 0.492 e. The van der Waals surface area contributed by atoms with Gasteiger partial charge in [-0.3, -0.25) is 4.79 Å². The summed E-state index contributed by atoms with van der Waals surface area (Å²) in [4.78, 5) is 23.1. The molecule has 10 heteroatoms. The first-order valence-electron chi connectivity index (χ1n) is 8.12. The van der Waals surface area contributed by atoms with E-state index in [-0.39, 0.29) is 13.2 Å². The number of carbonyl (C=O) groups excluding carboxylic acids is 2. The third-order valence-electron chi connectivity index (χ3n) is 3.50. The summed E-state index contributed by atoms with van der Waals surface area (Å²) in [6.07, 6.45) is 0. The van der Waals surface area contributed by atoms with Crippen molar-refractivity contribution in [3.63, 3.8) is 0 Å². The number of benzene rings is 2. The lowest BCUT2D eigenvalue weighted by Gasteiger charge is -2.09. The van der Waals surface area contributed by atoms with Gasteiger partial charge in [0, 0.05) is 0 Å². The van der Waals surface area contributed by atoms with Crippen LogP contribution in [0.4, 0.5) is 4.39 Å². The van der Waals surface area contributed by atoms with Crippen molar-refractivity contribution < 1.29 is 31.9 Å². The lowest BCUT2D eigenvalue weighted by atomic mass is 10.2. The van der Waals surface area contributed by atoms with Gasteiger partial charge in [0.25, 0.3) is 5.91 Å². The van der Waals surface area contributed by atoms with Crippen molar-refractivity contribution in [1.82, 2.24) is 5.32 Å². The first-order chi connectivity index (χ1) is 13.2. The number of nitrogens with two attached hydrogens (primary N) is 1. The van der Waals surface area contributed by atoms with Crippen molar-refractivity contribution in [2.45, 2.75) is 11.8 Å². The maximum absolute atomic E-state index is 13.7. The zero-order valence-corrected chi connectivity index (χ0v) is 15.8. The van der Waals surface area contributed by atoms with Crippen molar-refractivity contribution >= 4 is 21.9 Å². The standard InChI is InChI=1S/C18H19FN2O6S/c1-12-3-2-4-13(9-12)26-8-7-21-17(22)11-27-18(23)15-10-14(28(20,24)25)5-6-16(15)19/h2-6,9-10H,7-8,11H2,1H3,(H,21,22)(H2,20,24,25). The van der Waals surface area contributed by atoms with Crippen molar-refractivity contribution in [1.29, 1.82) is 0 Å². The molecule has 0 bridgehead atoms. The number of esters is 1. The number of aryl methyl sites for hydroxylation is 1. The number of ether oxygens (including phenoxy) is 2. The highest BCUT2D eigenvalue weighted by molar-refractivity contribution is 7.89. The van der Waals surface area contributed by atoms with Gasteiger partial charge in [0.15, 0.2) is 6.61 Å². The Balaban J connectivity index is 1.80. The molecule has 2 aromatic carbocycles. The maximum atomic E-state index is 13.7. The molecule has 0 atom stereocenters. The predicted molar refractivity (Wildman–Crippen MR) is 97.7 cm³/mol. The minimum atomic E-state index is -4.12. The number of halogens is 1. The minimum Gasteiger partial charge on any atom is -0.492 e. The average molecular weight is 410 g/mol. The monoisotopic (exact) mass is 410 g/mol. The van der Waals surface area contributed by atoms with E-state index in [0.717, 1.165) is 23.8 Å². The molecular formula is C18H19FN2O6S. The van der Waals surface area contributed by atoms with Crippen LogP contribution in [0.25, 0.3) is 0 Å². The number of hydrogen-bond donors (Lipinski definition) is 2. The Morgan fingerprint density at radius 2 is 1.93 bits per heavy atom. The average Bonchev–Trinajstić information content (AvgIpc) is 2.63. The van der Waals surface area contributed by atoms with Crippen LogP contribution >= 0.6 is 0 Å². The molecule has 2 rings (SSSR count). The second kappa shape index (κ2) is 9.29. The van der Waals surface area contributed by atoms with Crippen LogP contribution in [0.3, 0.4) is 0 Å². The van der Waals surface area contributed by atoms with Crippen LogP contribution in [-0.2, 0) is 19.6 Å². The van der Waals surface area contributed by atoms with E-state index in [4.69, 9.17) is 14.6 Å². The Kier molecular flexibility index (Phi) is 7.07. The van der Waals surface area contributed by atoms with Gasteiger partial charge in [-0.15, -0.1) is 0 Å². The van der Waals surface area contributed by atoms with Gasteiger partial charge in [0.1, 0.15) is 18.2 Å². The van der Waals surface area contributed by atoms with E-state index in [2.05, 4.69) is 5.32 Å². The van der Waals surface area contributed by atoms with E-state index in [1.807, 2.05) is 25.1 Å². The molecule has 0 aliphatic heterocycles. The van der Waals surface area contributed by atoms with E-state index in [1.54, 1.807) is 6.07 Å². The lowest BCUT2D eigenvalue weighted by Crippen LogP contribution is -2.32. The Labute approximate surface area is 161 Å². The number of rotatable bonds is 8. The summed E-state index contributed by atoms with van der Waals surface area (Å²) < 4.78 is 46.4. The maximum Gasteiger partial charge on any atom is 0.341 e. The van der Waals surface area contributed by atoms with Gasteiger partial charge in [-0.25, -0.2) is 22.7 Å². The topological polar surface area (TPSA) is 125 Å². The normalized spacial score (nSPS) is 11.0. The third kappa shape index (κ3) is 6.32. The van der Waals surface area contributed by atoms with Crippen LogP contribution in [0.2, 0.25) is 0 Å². The fourth-order valence-corrected chi connectivity index (χ4v) is 2.70. The molecule has 0 saturated carbocycles. The van der Waals surface area contributed by atoms with Crippen molar-refractivity contribution in [2.75, 3.05) is 19.8 Å². The summed E-state index contributed by atoms with van der Waals surface area (Å²) in [5, 5.41) is 7.41. The molecule has 0 unspecified atom stereocenters. The molecule has 0 aromatic heterocycles. The summed E-state index contributed by atoms with van der Waals surface area (Å²) in [5.74, 6) is -2.14. The molecule has 0 fully saturated rings. The molecule has 0 spiro atoms. The highest BCUT2D eigenvalue weighted by atomic mass is 32.2. The lowest BCUT2D eigenvalue weighted by molar-refractivity contribution is -0.124. The Morgan fingerprint density at radius 3 is 2.61 bits per heavy atom. The summed E-state index contributed by atoms with van der Waals surface area (Å²) in [6, 6.07) is 9.83. The predicted octanol–water partition coefficient (Wildman–Crippen LogP) is 1.13. The van der Waals surface area contributed by atoms with Crippen LogP contribution in [0, 0.1) is 12.7 Å². The summed E-state index contributed by atoms with van der Waals surface area (Å²) in [6.45, 7) is 1.63.